The van der Waals surface area contributed by atoms with E-state index in [1.54, 1.807) is 6.92 Å². The molecule has 0 bridgehead atoms. The average molecular weight is 186 g/mol. The smallest absolute Gasteiger partial charge is 0.319 e. The highest BCUT2D eigenvalue weighted by Crippen LogP contribution is 2.29. The molecule has 0 amide bonds. The standard InChI is InChI=1S/C9H14O4/c1-4-12-9-5(2)7(6(3)10)8(11)13-9/h5,7,9H,4H2,1-3H3/t5-,7+,9+/m0/s1. The lowest BCUT2D eigenvalue weighted by molar-refractivity contribution is -0.165. The molecule has 0 aromatic heterocycles. The third-order valence-electron chi connectivity index (χ3n) is 2.21. The van der Waals surface area contributed by atoms with Gasteiger partial charge in [0.2, 0.25) is 6.29 Å². The minimum Gasteiger partial charge on any atom is -0.435 e. The van der Waals surface area contributed by atoms with E-state index < -0.39 is 18.2 Å². The predicted molar refractivity (Wildman–Crippen MR) is 44.8 cm³/mol. The first-order chi connectivity index (χ1) is 6.07. The van der Waals surface area contributed by atoms with Crippen molar-refractivity contribution in [2.45, 2.75) is 27.1 Å². The molecule has 4 nitrogen and oxygen atoms in total. The van der Waals surface area contributed by atoms with Crippen molar-refractivity contribution >= 4 is 11.8 Å². The fourth-order valence-electron chi connectivity index (χ4n) is 1.55. The second-order valence-electron chi connectivity index (χ2n) is 3.21. The monoisotopic (exact) mass is 186 g/mol. The van der Waals surface area contributed by atoms with E-state index in [-0.39, 0.29) is 11.7 Å². The molecule has 0 saturated carbocycles. The molecule has 0 aromatic rings. The Morgan fingerprint density at radius 3 is 2.62 bits per heavy atom. The molecule has 1 fully saturated rings. The number of rotatable bonds is 3. The van der Waals surface area contributed by atoms with Gasteiger partial charge in [0.25, 0.3) is 0 Å². The van der Waals surface area contributed by atoms with Gasteiger partial charge < -0.3 is 9.47 Å². The van der Waals surface area contributed by atoms with E-state index in [1.165, 1.54) is 6.92 Å². The SMILES string of the molecule is CCO[C@@H]1OC(=O)[C@@H](C(C)=O)[C@@H]1C. The second kappa shape index (κ2) is 3.87. The van der Waals surface area contributed by atoms with Gasteiger partial charge >= 0.3 is 5.97 Å². The van der Waals surface area contributed by atoms with E-state index in [2.05, 4.69) is 0 Å². The number of ether oxygens (including phenoxy) is 2. The molecule has 1 aliphatic heterocycles. The minimum atomic E-state index is -0.642. The molecule has 1 heterocycles. The largest absolute Gasteiger partial charge is 0.435 e. The predicted octanol–water partition coefficient (Wildman–Crippen LogP) is 0.747. The van der Waals surface area contributed by atoms with Crippen LogP contribution in [0.25, 0.3) is 0 Å². The van der Waals surface area contributed by atoms with Crippen molar-refractivity contribution in [3.05, 3.63) is 0 Å². The topological polar surface area (TPSA) is 52.6 Å². The fraction of sp³-hybridized carbons (Fsp3) is 0.778. The highest BCUT2D eigenvalue weighted by Gasteiger charge is 2.44. The van der Waals surface area contributed by atoms with E-state index in [0.717, 1.165) is 0 Å². The number of carbonyl (C=O) groups is 2. The Labute approximate surface area is 77.2 Å². The quantitative estimate of drug-likeness (QED) is 0.482. The van der Waals surface area contributed by atoms with Gasteiger partial charge in [-0.15, -0.1) is 0 Å². The van der Waals surface area contributed by atoms with Gasteiger partial charge in [-0.3, -0.25) is 9.59 Å². The normalized spacial score (nSPS) is 33.2. The summed E-state index contributed by atoms with van der Waals surface area (Å²) in [4.78, 5) is 22.2. The number of carbonyl (C=O) groups excluding carboxylic acids is 2. The van der Waals surface area contributed by atoms with E-state index in [0.29, 0.717) is 6.61 Å². The number of cyclic esters (lactones) is 1. The number of esters is 1. The lowest BCUT2D eigenvalue weighted by Crippen LogP contribution is -2.25. The molecule has 0 radical (unpaired) electrons. The lowest BCUT2D eigenvalue weighted by Gasteiger charge is -2.14. The first-order valence-electron chi connectivity index (χ1n) is 4.40. The van der Waals surface area contributed by atoms with E-state index in [9.17, 15) is 9.59 Å². The number of Topliss-reactive ketones (excluding diaryl/α,β-unsaturated/α-hetero) is 1. The van der Waals surface area contributed by atoms with Gasteiger partial charge in [-0.25, -0.2) is 0 Å². The molecule has 1 saturated heterocycles. The van der Waals surface area contributed by atoms with Crippen LogP contribution >= 0.6 is 0 Å². The minimum absolute atomic E-state index is 0.153. The van der Waals surface area contributed by atoms with Crippen LogP contribution in [0, 0.1) is 11.8 Å². The number of hydrogen-bond donors (Lipinski definition) is 0. The zero-order valence-corrected chi connectivity index (χ0v) is 8.07. The lowest BCUT2D eigenvalue weighted by atomic mass is 9.93. The van der Waals surface area contributed by atoms with E-state index >= 15 is 0 Å². The summed E-state index contributed by atoms with van der Waals surface area (Å²) >= 11 is 0. The summed E-state index contributed by atoms with van der Waals surface area (Å²) in [6.45, 7) is 5.49. The number of ketones is 1. The summed E-state index contributed by atoms with van der Waals surface area (Å²) in [5.74, 6) is -1.43. The second-order valence-corrected chi connectivity index (χ2v) is 3.21. The van der Waals surface area contributed by atoms with E-state index in [4.69, 9.17) is 9.47 Å². The third kappa shape index (κ3) is 1.88. The molecule has 74 valence electrons. The van der Waals surface area contributed by atoms with Crippen LogP contribution in [0.5, 0.6) is 0 Å². The maximum Gasteiger partial charge on any atom is 0.319 e. The van der Waals surface area contributed by atoms with Gasteiger partial charge in [-0.2, -0.15) is 0 Å². The van der Waals surface area contributed by atoms with Gasteiger partial charge in [-0.05, 0) is 13.8 Å². The Kier molecular flexibility index (Phi) is 3.03. The summed E-state index contributed by atoms with van der Waals surface area (Å²) < 4.78 is 10.1. The van der Waals surface area contributed by atoms with E-state index in [1.807, 2.05) is 6.92 Å². The number of hydrogen-bond acceptors (Lipinski definition) is 4. The van der Waals surface area contributed by atoms with Gasteiger partial charge in [0.1, 0.15) is 11.7 Å². The van der Waals surface area contributed by atoms with Crippen LogP contribution in [-0.2, 0) is 19.1 Å². The molecular weight excluding hydrogens is 172 g/mol. The molecule has 0 aromatic carbocycles. The Morgan fingerprint density at radius 1 is 1.62 bits per heavy atom. The summed E-state index contributed by atoms with van der Waals surface area (Å²) in [6, 6.07) is 0. The molecule has 1 rings (SSSR count). The molecule has 0 spiro atoms. The molecule has 4 heteroatoms. The molecule has 0 aliphatic carbocycles. The highest BCUT2D eigenvalue weighted by molar-refractivity contribution is 5.99. The van der Waals surface area contributed by atoms with Crippen molar-refractivity contribution in [1.29, 1.82) is 0 Å². The summed E-state index contributed by atoms with van der Waals surface area (Å²) in [5, 5.41) is 0. The molecule has 0 N–H and O–H groups in total. The molecule has 1 aliphatic rings. The summed E-state index contributed by atoms with van der Waals surface area (Å²) in [7, 11) is 0. The molecule has 3 atom stereocenters. The highest BCUT2D eigenvalue weighted by atomic mass is 16.7. The first kappa shape index (κ1) is 10.2. The Hall–Kier alpha value is -0.900. The van der Waals surface area contributed by atoms with Crippen LogP contribution in [0.15, 0.2) is 0 Å². The van der Waals surface area contributed by atoms with Crippen molar-refractivity contribution in [1.82, 2.24) is 0 Å². The van der Waals surface area contributed by atoms with Crippen molar-refractivity contribution in [2.24, 2.45) is 11.8 Å². The van der Waals surface area contributed by atoms with Crippen molar-refractivity contribution in [2.75, 3.05) is 6.61 Å². The zero-order valence-electron chi connectivity index (χ0n) is 8.07. The van der Waals surface area contributed by atoms with Crippen LogP contribution in [-0.4, -0.2) is 24.6 Å². The summed E-state index contributed by atoms with van der Waals surface area (Å²) in [6.07, 6.45) is -0.550. The maximum absolute atomic E-state index is 11.2. The Morgan fingerprint density at radius 2 is 2.23 bits per heavy atom. The summed E-state index contributed by atoms with van der Waals surface area (Å²) in [5.41, 5.74) is 0. The van der Waals surface area contributed by atoms with Crippen LogP contribution in [0.1, 0.15) is 20.8 Å². The van der Waals surface area contributed by atoms with Crippen LogP contribution in [0.4, 0.5) is 0 Å². The van der Waals surface area contributed by atoms with Crippen molar-refractivity contribution in [3.8, 4) is 0 Å². The van der Waals surface area contributed by atoms with Crippen LogP contribution in [0.2, 0.25) is 0 Å². The van der Waals surface area contributed by atoms with Gasteiger partial charge in [0.05, 0.1) is 0 Å². The molecule has 13 heavy (non-hydrogen) atoms. The van der Waals surface area contributed by atoms with Crippen molar-refractivity contribution in [3.63, 3.8) is 0 Å². The van der Waals surface area contributed by atoms with Gasteiger partial charge in [0, 0.05) is 12.5 Å². The molecular formula is C9H14O4. The third-order valence-corrected chi connectivity index (χ3v) is 2.21. The van der Waals surface area contributed by atoms with Crippen LogP contribution in [0.3, 0.4) is 0 Å². The van der Waals surface area contributed by atoms with Gasteiger partial charge in [-0.1, -0.05) is 6.92 Å². The van der Waals surface area contributed by atoms with Crippen LogP contribution < -0.4 is 0 Å². The Balaban J connectivity index is 2.69. The Bertz CT molecular complexity index is 224. The van der Waals surface area contributed by atoms with Crippen molar-refractivity contribution < 1.29 is 19.1 Å². The molecule has 0 unspecified atom stereocenters. The first-order valence-corrected chi connectivity index (χ1v) is 4.40. The fourth-order valence-corrected chi connectivity index (χ4v) is 1.55. The average Bonchev–Trinajstić information content (AvgIpc) is 2.28. The van der Waals surface area contributed by atoms with Gasteiger partial charge in [0.15, 0.2) is 0 Å². The zero-order chi connectivity index (χ0) is 10.0. The maximum atomic E-state index is 11.2.